The summed E-state index contributed by atoms with van der Waals surface area (Å²) in [6, 6.07) is 10.8. The van der Waals surface area contributed by atoms with Crippen molar-refractivity contribution < 1.29 is 9.18 Å². The van der Waals surface area contributed by atoms with Crippen LogP contribution in [-0.4, -0.2) is 10.9 Å². The Bertz CT molecular complexity index is 657. The molecule has 0 fully saturated rings. The van der Waals surface area contributed by atoms with Gasteiger partial charge in [0.2, 0.25) is 5.91 Å². The molecule has 0 bridgehead atoms. The van der Waals surface area contributed by atoms with Crippen molar-refractivity contribution in [1.82, 2.24) is 10.3 Å². The number of carbonyl (C=O) groups is 1. The highest BCUT2D eigenvalue weighted by atomic mass is 19.1. The van der Waals surface area contributed by atoms with Crippen LogP contribution >= 0.6 is 0 Å². The molecule has 1 aromatic carbocycles. The summed E-state index contributed by atoms with van der Waals surface area (Å²) in [6.45, 7) is 8.31. The SMILES string of the molecule is C[C@@H](NC(=O)Cc1ccc(C(C)(C)C)cc1)c1ccc(F)cn1. The molecular formula is C19H23FN2O. The molecule has 1 aromatic heterocycles. The van der Waals surface area contributed by atoms with Gasteiger partial charge in [0.05, 0.1) is 24.4 Å². The summed E-state index contributed by atoms with van der Waals surface area (Å²) < 4.78 is 12.9. The van der Waals surface area contributed by atoms with E-state index in [1.54, 1.807) is 6.07 Å². The number of hydrogen-bond acceptors (Lipinski definition) is 2. The van der Waals surface area contributed by atoms with Crippen LogP contribution in [0.2, 0.25) is 0 Å². The predicted molar refractivity (Wildman–Crippen MR) is 89.6 cm³/mol. The van der Waals surface area contributed by atoms with Crippen molar-refractivity contribution in [1.29, 1.82) is 0 Å². The van der Waals surface area contributed by atoms with Gasteiger partial charge in [-0.1, -0.05) is 45.0 Å². The smallest absolute Gasteiger partial charge is 0.224 e. The summed E-state index contributed by atoms with van der Waals surface area (Å²) in [4.78, 5) is 16.1. The number of amides is 1. The van der Waals surface area contributed by atoms with E-state index >= 15 is 0 Å². The van der Waals surface area contributed by atoms with E-state index in [1.807, 2.05) is 19.1 Å². The lowest BCUT2D eigenvalue weighted by Gasteiger charge is -2.19. The summed E-state index contributed by atoms with van der Waals surface area (Å²) in [7, 11) is 0. The fourth-order valence-corrected chi connectivity index (χ4v) is 2.32. The standard InChI is InChI=1S/C19H23FN2O/c1-13(17-10-9-16(20)12-21-17)22-18(23)11-14-5-7-15(8-6-14)19(2,3)4/h5-10,12-13H,11H2,1-4H3,(H,22,23)/t13-/m1/s1. The van der Waals surface area contributed by atoms with Gasteiger partial charge >= 0.3 is 0 Å². The fraction of sp³-hybridized carbons (Fsp3) is 0.368. The molecule has 1 amide bonds. The first kappa shape index (κ1) is 17.1. The number of aromatic nitrogens is 1. The van der Waals surface area contributed by atoms with Crippen LogP contribution in [0, 0.1) is 5.82 Å². The van der Waals surface area contributed by atoms with Gasteiger partial charge in [0, 0.05) is 0 Å². The number of halogens is 1. The number of nitrogens with one attached hydrogen (secondary N) is 1. The molecule has 0 aliphatic carbocycles. The number of nitrogens with zero attached hydrogens (tertiary/aromatic N) is 1. The molecule has 0 aliphatic rings. The lowest BCUT2D eigenvalue weighted by molar-refractivity contribution is -0.121. The molecule has 4 heteroatoms. The topological polar surface area (TPSA) is 42.0 Å². The third kappa shape index (κ3) is 4.88. The van der Waals surface area contributed by atoms with E-state index in [9.17, 15) is 9.18 Å². The monoisotopic (exact) mass is 314 g/mol. The van der Waals surface area contributed by atoms with Gasteiger partial charge in [-0.15, -0.1) is 0 Å². The minimum absolute atomic E-state index is 0.0767. The van der Waals surface area contributed by atoms with Gasteiger partial charge in [0.15, 0.2) is 0 Å². The Balaban J connectivity index is 1.95. The molecule has 0 spiro atoms. The van der Waals surface area contributed by atoms with Crippen molar-refractivity contribution >= 4 is 5.91 Å². The zero-order valence-corrected chi connectivity index (χ0v) is 14.1. The highest BCUT2D eigenvalue weighted by molar-refractivity contribution is 5.78. The number of benzene rings is 1. The van der Waals surface area contributed by atoms with Crippen molar-refractivity contribution in [2.75, 3.05) is 0 Å². The first-order chi connectivity index (χ1) is 10.8. The highest BCUT2D eigenvalue weighted by Gasteiger charge is 2.14. The van der Waals surface area contributed by atoms with Gasteiger partial charge in [-0.2, -0.15) is 0 Å². The number of rotatable bonds is 4. The molecule has 2 aromatic rings. The largest absolute Gasteiger partial charge is 0.348 e. The van der Waals surface area contributed by atoms with Crippen LogP contribution in [0.5, 0.6) is 0 Å². The molecular weight excluding hydrogens is 291 g/mol. The Morgan fingerprint density at radius 1 is 1.17 bits per heavy atom. The van der Waals surface area contributed by atoms with Crippen LogP contribution in [-0.2, 0) is 16.6 Å². The van der Waals surface area contributed by atoms with Crippen LogP contribution in [0.25, 0.3) is 0 Å². The van der Waals surface area contributed by atoms with E-state index in [4.69, 9.17) is 0 Å². The first-order valence-electron chi connectivity index (χ1n) is 7.76. The minimum Gasteiger partial charge on any atom is -0.348 e. The molecule has 3 nitrogen and oxygen atoms in total. The van der Waals surface area contributed by atoms with Crippen LogP contribution < -0.4 is 5.32 Å². The highest BCUT2D eigenvalue weighted by Crippen LogP contribution is 2.22. The van der Waals surface area contributed by atoms with E-state index in [2.05, 4.69) is 43.2 Å². The van der Waals surface area contributed by atoms with Crippen LogP contribution in [0.15, 0.2) is 42.6 Å². The number of hydrogen-bond donors (Lipinski definition) is 1. The molecule has 1 heterocycles. The second-order valence-electron chi connectivity index (χ2n) is 6.81. The van der Waals surface area contributed by atoms with Crippen molar-refractivity contribution in [2.45, 2.75) is 45.6 Å². The van der Waals surface area contributed by atoms with Gasteiger partial charge < -0.3 is 5.32 Å². The Morgan fingerprint density at radius 3 is 2.35 bits per heavy atom. The van der Waals surface area contributed by atoms with Gasteiger partial charge in [0.1, 0.15) is 5.82 Å². The average Bonchev–Trinajstić information content (AvgIpc) is 2.47. The second-order valence-corrected chi connectivity index (χ2v) is 6.81. The van der Waals surface area contributed by atoms with Gasteiger partial charge in [-0.25, -0.2) is 4.39 Å². The van der Waals surface area contributed by atoms with Crippen LogP contribution in [0.3, 0.4) is 0 Å². The van der Waals surface area contributed by atoms with Gasteiger partial charge in [-0.05, 0) is 35.6 Å². The van der Waals surface area contributed by atoms with E-state index in [0.717, 1.165) is 11.8 Å². The normalized spacial score (nSPS) is 12.7. The summed E-state index contributed by atoms with van der Waals surface area (Å²) in [5, 5.41) is 2.89. The quantitative estimate of drug-likeness (QED) is 0.929. The van der Waals surface area contributed by atoms with Crippen LogP contribution in [0.4, 0.5) is 4.39 Å². The fourth-order valence-electron chi connectivity index (χ4n) is 2.32. The number of pyridine rings is 1. The molecule has 1 N–H and O–H groups in total. The second kappa shape index (κ2) is 6.90. The average molecular weight is 314 g/mol. The Hall–Kier alpha value is -2.23. The minimum atomic E-state index is -0.383. The predicted octanol–water partition coefficient (Wildman–Crippen LogP) is 3.94. The van der Waals surface area contributed by atoms with Crippen molar-refractivity contribution in [2.24, 2.45) is 0 Å². The maximum Gasteiger partial charge on any atom is 0.224 e. The van der Waals surface area contributed by atoms with Gasteiger partial charge in [-0.3, -0.25) is 9.78 Å². The Kier molecular flexibility index (Phi) is 5.14. The molecule has 23 heavy (non-hydrogen) atoms. The van der Waals surface area contributed by atoms with Gasteiger partial charge in [0.25, 0.3) is 0 Å². The molecule has 122 valence electrons. The molecule has 0 radical (unpaired) electrons. The van der Waals surface area contributed by atoms with Crippen molar-refractivity contribution in [3.8, 4) is 0 Å². The van der Waals surface area contributed by atoms with Crippen molar-refractivity contribution in [3.05, 3.63) is 65.2 Å². The van der Waals surface area contributed by atoms with E-state index in [1.165, 1.54) is 11.6 Å². The third-order valence-electron chi connectivity index (χ3n) is 3.76. The molecule has 0 unspecified atom stereocenters. The maximum absolute atomic E-state index is 12.9. The molecule has 0 aliphatic heterocycles. The van der Waals surface area contributed by atoms with Crippen LogP contribution in [0.1, 0.15) is 50.6 Å². The molecule has 0 saturated carbocycles. The Labute approximate surface area is 137 Å². The van der Waals surface area contributed by atoms with E-state index in [0.29, 0.717) is 12.1 Å². The maximum atomic E-state index is 12.9. The van der Waals surface area contributed by atoms with Crippen molar-refractivity contribution in [3.63, 3.8) is 0 Å². The molecule has 1 atom stereocenters. The summed E-state index contributed by atoms with van der Waals surface area (Å²) >= 11 is 0. The number of carbonyl (C=O) groups excluding carboxylic acids is 1. The summed E-state index contributed by atoms with van der Waals surface area (Å²) in [5.41, 5.74) is 2.95. The Morgan fingerprint density at radius 2 is 1.83 bits per heavy atom. The first-order valence-corrected chi connectivity index (χ1v) is 7.76. The van der Waals surface area contributed by atoms with E-state index in [-0.39, 0.29) is 23.2 Å². The van der Waals surface area contributed by atoms with E-state index < -0.39 is 0 Å². The molecule has 2 rings (SSSR count). The zero-order valence-electron chi connectivity index (χ0n) is 14.1. The summed E-state index contributed by atoms with van der Waals surface area (Å²) in [5.74, 6) is -0.460. The summed E-state index contributed by atoms with van der Waals surface area (Å²) in [6.07, 6.45) is 1.47. The zero-order chi connectivity index (χ0) is 17.0. The lowest BCUT2D eigenvalue weighted by atomic mass is 9.86. The molecule has 0 saturated heterocycles. The third-order valence-corrected chi connectivity index (χ3v) is 3.76. The lowest BCUT2D eigenvalue weighted by Crippen LogP contribution is -2.28.